The molecule has 0 saturated carbocycles. The summed E-state index contributed by atoms with van der Waals surface area (Å²) in [5, 5.41) is 0. The first-order valence-electron chi connectivity index (χ1n) is 6.79. The summed E-state index contributed by atoms with van der Waals surface area (Å²) in [6.45, 7) is 5.26. The van der Waals surface area contributed by atoms with E-state index < -0.39 is 0 Å². The summed E-state index contributed by atoms with van der Waals surface area (Å²) in [5.74, 6) is 0. The number of quaternary nitrogens is 1. The summed E-state index contributed by atoms with van der Waals surface area (Å²) in [5.41, 5.74) is 1.33. The number of anilines is 1. The predicted molar refractivity (Wildman–Crippen MR) is 74.3 cm³/mol. The number of nitrogens with zero attached hydrogens (tertiary/aromatic N) is 2. The van der Waals surface area contributed by atoms with E-state index in [1.54, 1.807) is 0 Å². The Bertz CT molecular complexity index is 328. The minimum Gasteiger partial charge on any atom is -0.374 e. The highest BCUT2D eigenvalue weighted by molar-refractivity contribution is 5.44. The topological polar surface area (TPSA) is 3.24 Å². The molecule has 1 heterocycles. The Hall–Kier alpha value is -1.02. The predicted octanol–water partition coefficient (Wildman–Crippen LogP) is 2.75. The third kappa shape index (κ3) is 3.47. The first-order valence-corrected chi connectivity index (χ1v) is 6.79. The van der Waals surface area contributed by atoms with E-state index in [9.17, 15) is 0 Å². The Labute approximate surface area is 105 Å². The van der Waals surface area contributed by atoms with Crippen molar-refractivity contribution in [2.24, 2.45) is 0 Å². The van der Waals surface area contributed by atoms with E-state index in [0.717, 1.165) is 6.54 Å². The summed E-state index contributed by atoms with van der Waals surface area (Å²) >= 11 is 0. The van der Waals surface area contributed by atoms with E-state index in [4.69, 9.17) is 0 Å². The van der Waals surface area contributed by atoms with E-state index >= 15 is 0 Å². The van der Waals surface area contributed by atoms with Crippen LogP contribution >= 0.6 is 0 Å². The molecule has 2 nitrogen and oxygen atoms in total. The Morgan fingerprint density at radius 1 is 1.12 bits per heavy atom. The Balaban J connectivity index is 1.75. The maximum atomic E-state index is 2.41. The third-order valence-electron chi connectivity index (χ3n) is 4.03. The largest absolute Gasteiger partial charge is 0.374 e. The van der Waals surface area contributed by atoms with Crippen LogP contribution < -0.4 is 4.90 Å². The molecule has 0 radical (unpaired) electrons. The summed E-state index contributed by atoms with van der Waals surface area (Å²) in [6.07, 6.45) is 4.14. The molecule has 1 aromatic rings. The standard InChI is InChI=1S/C15H25N2/c1-16(15-9-4-3-5-10-15)11-8-14-17(2)12-6-7-13-17/h3-5,9-10H,6-8,11-14H2,1-2H3/q+1. The molecular weight excluding hydrogens is 208 g/mol. The van der Waals surface area contributed by atoms with Crippen molar-refractivity contribution in [2.75, 3.05) is 45.2 Å². The molecule has 94 valence electrons. The molecule has 0 N–H and O–H groups in total. The fraction of sp³-hybridized carbons (Fsp3) is 0.600. The lowest BCUT2D eigenvalue weighted by molar-refractivity contribution is -0.897. The maximum absolute atomic E-state index is 2.41. The van der Waals surface area contributed by atoms with Gasteiger partial charge >= 0.3 is 0 Å². The smallest absolute Gasteiger partial charge is 0.0801 e. The number of benzene rings is 1. The zero-order chi connectivity index (χ0) is 12.1. The summed E-state index contributed by atoms with van der Waals surface area (Å²) in [7, 11) is 4.61. The van der Waals surface area contributed by atoms with Crippen molar-refractivity contribution in [1.29, 1.82) is 0 Å². The fourth-order valence-corrected chi connectivity index (χ4v) is 2.82. The Morgan fingerprint density at radius 3 is 2.41 bits per heavy atom. The second kappa shape index (κ2) is 5.54. The minimum absolute atomic E-state index is 1.16. The van der Waals surface area contributed by atoms with E-state index in [-0.39, 0.29) is 0 Å². The van der Waals surface area contributed by atoms with Gasteiger partial charge in [-0.2, -0.15) is 0 Å². The normalized spacial score (nSPS) is 18.2. The molecule has 0 amide bonds. The van der Waals surface area contributed by atoms with Crippen molar-refractivity contribution in [2.45, 2.75) is 19.3 Å². The molecular formula is C15H25N2+. The molecule has 17 heavy (non-hydrogen) atoms. The van der Waals surface area contributed by atoms with Crippen LogP contribution in [0.2, 0.25) is 0 Å². The van der Waals surface area contributed by atoms with Gasteiger partial charge in [0.15, 0.2) is 0 Å². The number of hydrogen-bond donors (Lipinski definition) is 0. The van der Waals surface area contributed by atoms with Gasteiger partial charge < -0.3 is 9.38 Å². The van der Waals surface area contributed by atoms with Gasteiger partial charge in [0.2, 0.25) is 0 Å². The van der Waals surface area contributed by atoms with Crippen LogP contribution in [0.5, 0.6) is 0 Å². The zero-order valence-electron chi connectivity index (χ0n) is 11.2. The van der Waals surface area contributed by atoms with E-state index in [2.05, 4.69) is 49.3 Å². The van der Waals surface area contributed by atoms with Gasteiger partial charge in [-0.3, -0.25) is 0 Å². The lowest BCUT2D eigenvalue weighted by Crippen LogP contribution is -2.42. The van der Waals surface area contributed by atoms with Gasteiger partial charge in [0.25, 0.3) is 0 Å². The molecule has 1 aliphatic heterocycles. The molecule has 0 spiro atoms. The highest BCUT2D eigenvalue weighted by Crippen LogP contribution is 2.17. The zero-order valence-corrected chi connectivity index (χ0v) is 11.2. The molecule has 0 aromatic heterocycles. The molecule has 1 fully saturated rings. The van der Waals surface area contributed by atoms with Crippen molar-refractivity contribution in [3.63, 3.8) is 0 Å². The van der Waals surface area contributed by atoms with Crippen LogP contribution in [0.25, 0.3) is 0 Å². The van der Waals surface area contributed by atoms with Crippen LogP contribution in [0, 0.1) is 0 Å². The quantitative estimate of drug-likeness (QED) is 0.707. The molecule has 1 aliphatic rings. The van der Waals surface area contributed by atoms with Crippen LogP contribution in [0.4, 0.5) is 5.69 Å². The van der Waals surface area contributed by atoms with Gasteiger partial charge in [0.05, 0.1) is 26.7 Å². The van der Waals surface area contributed by atoms with Crippen molar-refractivity contribution in [3.8, 4) is 0 Å². The Kier molecular flexibility index (Phi) is 4.06. The van der Waals surface area contributed by atoms with E-state index in [1.165, 1.54) is 49.1 Å². The van der Waals surface area contributed by atoms with Crippen LogP contribution in [-0.2, 0) is 0 Å². The average molecular weight is 233 g/mol. The number of rotatable bonds is 5. The molecule has 0 aliphatic carbocycles. The first-order chi connectivity index (χ1) is 8.20. The monoisotopic (exact) mass is 233 g/mol. The molecule has 2 rings (SSSR count). The number of para-hydroxylation sites is 1. The second-order valence-electron chi connectivity index (χ2n) is 5.61. The van der Waals surface area contributed by atoms with Gasteiger partial charge in [0.1, 0.15) is 0 Å². The van der Waals surface area contributed by atoms with Gasteiger partial charge in [-0.1, -0.05) is 18.2 Å². The Morgan fingerprint density at radius 2 is 1.76 bits per heavy atom. The van der Waals surface area contributed by atoms with Crippen LogP contribution in [0.15, 0.2) is 30.3 Å². The van der Waals surface area contributed by atoms with Crippen molar-refractivity contribution < 1.29 is 4.48 Å². The highest BCUT2D eigenvalue weighted by atomic mass is 15.3. The molecule has 2 heteroatoms. The number of hydrogen-bond acceptors (Lipinski definition) is 1. The fourth-order valence-electron chi connectivity index (χ4n) is 2.82. The van der Waals surface area contributed by atoms with Crippen molar-refractivity contribution in [1.82, 2.24) is 0 Å². The van der Waals surface area contributed by atoms with Crippen LogP contribution in [0.1, 0.15) is 19.3 Å². The highest BCUT2D eigenvalue weighted by Gasteiger charge is 2.25. The summed E-state index contributed by atoms with van der Waals surface area (Å²) in [4.78, 5) is 2.36. The lowest BCUT2D eigenvalue weighted by atomic mass is 10.2. The molecule has 1 aromatic carbocycles. The molecule has 0 atom stereocenters. The van der Waals surface area contributed by atoms with E-state index in [0.29, 0.717) is 0 Å². The second-order valence-corrected chi connectivity index (χ2v) is 5.61. The van der Waals surface area contributed by atoms with Crippen molar-refractivity contribution in [3.05, 3.63) is 30.3 Å². The van der Waals surface area contributed by atoms with Gasteiger partial charge in [0, 0.05) is 38.5 Å². The van der Waals surface area contributed by atoms with Gasteiger partial charge in [-0.05, 0) is 12.1 Å². The van der Waals surface area contributed by atoms with Crippen LogP contribution in [0.3, 0.4) is 0 Å². The average Bonchev–Trinajstić information content (AvgIpc) is 2.77. The number of likely N-dealkylation sites (tertiary alicyclic amines) is 1. The van der Waals surface area contributed by atoms with Crippen molar-refractivity contribution >= 4 is 5.69 Å². The SMILES string of the molecule is CN(CCC[N+]1(C)CCCC1)c1ccccc1. The molecule has 1 saturated heterocycles. The van der Waals surface area contributed by atoms with E-state index in [1.807, 2.05) is 0 Å². The first kappa shape index (κ1) is 12.4. The third-order valence-corrected chi connectivity index (χ3v) is 4.03. The lowest BCUT2D eigenvalue weighted by Gasteiger charge is -2.30. The summed E-state index contributed by atoms with van der Waals surface area (Å²) < 4.78 is 1.29. The maximum Gasteiger partial charge on any atom is 0.0801 e. The van der Waals surface area contributed by atoms with Crippen LogP contribution in [-0.4, -0.2) is 44.8 Å². The summed E-state index contributed by atoms with van der Waals surface area (Å²) in [6, 6.07) is 10.7. The molecule has 0 bridgehead atoms. The van der Waals surface area contributed by atoms with Gasteiger partial charge in [-0.15, -0.1) is 0 Å². The molecule has 0 unspecified atom stereocenters. The van der Waals surface area contributed by atoms with Gasteiger partial charge in [-0.25, -0.2) is 0 Å². The minimum atomic E-state index is 1.16.